The molecule has 0 amide bonds. The SMILES string of the molecule is CCCCCCCCCCCCCCCCCCO[PH](=O)Cc1cc(C(C)(C)C)c(O)c(C(C)(C)C)c1. The molecule has 216 valence electrons. The number of hydrogen-bond acceptors (Lipinski definition) is 3. The molecule has 0 aromatic heterocycles. The lowest BCUT2D eigenvalue weighted by molar-refractivity contribution is 0.315. The molecule has 1 unspecified atom stereocenters. The topological polar surface area (TPSA) is 46.5 Å². The molecule has 0 aliphatic rings. The van der Waals surface area contributed by atoms with Gasteiger partial charge in [-0.15, -0.1) is 0 Å². The molecule has 3 nitrogen and oxygen atoms in total. The summed E-state index contributed by atoms with van der Waals surface area (Å²) in [5.74, 6) is 0.373. The predicted octanol–water partition coefficient (Wildman–Crippen LogP) is 11.2. The molecular weight excluding hydrogens is 475 g/mol. The van der Waals surface area contributed by atoms with E-state index < -0.39 is 8.03 Å². The standard InChI is InChI=1S/C33H61O3P/c1-8-9-10-11-12-13-14-15-16-17-18-19-20-21-22-23-24-36-37(35)27-28-25-29(32(2,3)4)31(34)30(26-28)33(5,6)7/h25-26,34,37H,8-24,27H2,1-7H3. The van der Waals surface area contributed by atoms with Crippen LogP contribution in [0.3, 0.4) is 0 Å². The smallest absolute Gasteiger partial charge is 0.195 e. The average molecular weight is 537 g/mol. The van der Waals surface area contributed by atoms with Crippen LogP contribution in [0.2, 0.25) is 0 Å². The molecule has 0 saturated heterocycles. The van der Waals surface area contributed by atoms with Gasteiger partial charge in [-0.05, 0) is 33.9 Å². The molecule has 0 heterocycles. The molecule has 1 aromatic carbocycles. The third kappa shape index (κ3) is 15.4. The molecular formula is C33H61O3P. The zero-order chi connectivity index (χ0) is 27.7. The zero-order valence-corrected chi connectivity index (χ0v) is 26.6. The maximum absolute atomic E-state index is 12.7. The molecule has 0 aliphatic carbocycles. The van der Waals surface area contributed by atoms with E-state index in [2.05, 4.69) is 48.5 Å². The molecule has 0 bridgehead atoms. The fraction of sp³-hybridized carbons (Fsp3) is 0.818. The van der Waals surface area contributed by atoms with Crippen LogP contribution in [0.5, 0.6) is 5.75 Å². The van der Waals surface area contributed by atoms with Crippen LogP contribution in [0.15, 0.2) is 12.1 Å². The quantitative estimate of drug-likeness (QED) is 0.133. The number of hydrogen-bond donors (Lipinski definition) is 1. The van der Waals surface area contributed by atoms with Gasteiger partial charge >= 0.3 is 0 Å². The highest BCUT2D eigenvalue weighted by atomic mass is 31.1. The minimum atomic E-state index is -2.13. The molecule has 1 N–H and O–H groups in total. The molecule has 1 atom stereocenters. The highest BCUT2D eigenvalue weighted by Gasteiger charge is 2.26. The third-order valence-corrected chi connectivity index (χ3v) is 8.62. The summed E-state index contributed by atoms with van der Waals surface area (Å²) in [6, 6.07) is 4.04. The van der Waals surface area contributed by atoms with Gasteiger partial charge in [0.2, 0.25) is 0 Å². The van der Waals surface area contributed by atoms with E-state index >= 15 is 0 Å². The van der Waals surface area contributed by atoms with Crippen LogP contribution in [-0.4, -0.2) is 11.7 Å². The Bertz CT molecular complexity index is 723. The van der Waals surface area contributed by atoms with Gasteiger partial charge in [-0.2, -0.15) is 0 Å². The van der Waals surface area contributed by atoms with Crippen molar-refractivity contribution in [2.24, 2.45) is 0 Å². The summed E-state index contributed by atoms with van der Waals surface area (Å²) in [6.07, 6.45) is 22.0. The zero-order valence-electron chi connectivity index (χ0n) is 25.6. The van der Waals surface area contributed by atoms with Crippen LogP contribution in [0, 0.1) is 0 Å². The summed E-state index contributed by atoms with van der Waals surface area (Å²) in [7, 11) is -2.13. The van der Waals surface area contributed by atoms with Gasteiger partial charge in [0.15, 0.2) is 8.03 Å². The minimum absolute atomic E-state index is 0.176. The Kier molecular flexibility index (Phi) is 17.1. The molecule has 0 spiro atoms. The van der Waals surface area contributed by atoms with Crippen LogP contribution < -0.4 is 0 Å². The first-order valence-corrected chi connectivity index (χ1v) is 17.0. The Morgan fingerprint density at radius 3 is 1.35 bits per heavy atom. The molecule has 4 heteroatoms. The predicted molar refractivity (Wildman–Crippen MR) is 164 cm³/mol. The number of phenols is 1. The fourth-order valence-corrected chi connectivity index (χ4v) is 6.01. The molecule has 0 aliphatic heterocycles. The second-order valence-electron chi connectivity index (χ2n) is 13.2. The van der Waals surface area contributed by atoms with Gasteiger partial charge in [0, 0.05) is 6.16 Å². The van der Waals surface area contributed by atoms with Crippen LogP contribution in [-0.2, 0) is 26.1 Å². The molecule has 1 rings (SSSR count). The summed E-state index contributed by atoms with van der Waals surface area (Å²) < 4.78 is 18.4. The van der Waals surface area contributed by atoms with Crippen molar-refractivity contribution in [1.29, 1.82) is 0 Å². The number of benzene rings is 1. The van der Waals surface area contributed by atoms with Crippen LogP contribution >= 0.6 is 8.03 Å². The molecule has 0 radical (unpaired) electrons. The third-order valence-electron chi connectivity index (χ3n) is 7.40. The lowest BCUT2D eigenvalue weighted by Gasteiger charge is -2.28. The summed E-state index contributed by atoms with van der Waals surface area (Å²) in [5.41, 5.74) is 2.49. The van der Waals surface area contributed by atoms with Crippen LogP contribution in [0.25, 0.3) is 0 Å². The maximum atomic E-state index is 12.7. The normalized spacial score (nSPS) is 13.3. The fourth-order valence-electron chi connectivity index (χ4n) is 4.99. The molecule has 0 fully saturated rings. The van der Waals surface area contributed by atoms with Crippen molar-refractivity contribution < 1.29 is 14.2 Å². The van der Waals surface area contributed by atoms with E-state index in [0.29, 0.717) is 18.5 Å². The van der Waals surface area contributed by atoms with E-state index in [4.69, 9.17) is 4.52 Å². The second kappa shape index (κ2) is 18.5. The Labute approximate surface area is 231 Å². The second-order valence-corrected chi connectivity index (χ2v) is 14.6. The van der Waals surface area contributed by atoms with Crippen molar-refractivity contribution in [1.82, 2.24) is 0 Å². The van der Waals surface area contributed by atoms with E-state index in [-0.39, 0.29) is 10.8 Å². The maximum Gasteiger partial charge on any atom is 0.195 e. The highest BCUT2D eigenvalue weighted by molar-refractivity contribution is 7.38. The number of phenolic OH excluding ortho intramolecular Hbond substituents is 1. The lowest BCUT2D eigenvalue weighted by atomic mass is 9.78. The Morgan fingerprint density at radius 1 is 0.649 bits per heavy atom. The molecule has 37 heavy (non-hydrogen) atoms. The number of rotatable bonds is 20. The molecule has 0 saturated carbocycles. The Morgan fingerprint density at radius 2 is 1.00 bits per heavy atom. The summed E-state index contributed by atoms with van der Waals surface area (Å²) in [5, 5.41) is 10.9. The van der Waals surface area contributed by atoms with Crippen molar-refractivity contribution in [3.63, 3.8) is 0 Å². The van der Waals surface area contributed by atoms with Gasteiger partial charge in [-0.1, -0.05) is 157 Å². The first kappa shape index (κ1) is 34.2. The summed E-state index contributed by atoms with van der Waals surface area (Å²) in [6.45, 7) is 15.5. The lowest BCUT2D eigenvalue weighted by Crippen LogP contribution is -2.17. The van der Waals surface area contributed by atoms with Gasteiger partial charge in [0.25, 0.3) is 0 Å². The molecule has 1 aromatic rings. The van der Waals surface area contributed by atoms with Crippen molar-refractivity contribution in [2.45, 2.75) is 168 Å². The van der Waals surface area contributed by atoms with Gasteiger partial charge in [0.1, 0.15) is 5.75 Å². The van der Waals surface area contributed by atoms with E-state index in [1.807, 2.05) is 12.1 Å². The van der Waals surface area contributed by atoms with Crippen LogP contribution in [0.1, 0.15) is 168 Å². The van der Waals surface area contributed by atoms with E-state index in [1.165, 1.54) is 89.9 Å². The summed E-state index contributed by atoms with van der Waals surface area (Å²) in [4.78, 5) is 0. The van der Waals surface area contributed by atoms with Gasteiger partial charge in [-0.25, -0.2) is 0 Å². The Balaban J connectivity index is 2.17. The van der Waals surface area contributed by atoms with E-state index in [1.54, 1.807) is 0 Å². The monoisotopic (exact) mass is 536 g/mol. The minimum Gasteiger partial charge on any atom is -0.507 e. The van der Waals surface area contributed by atoms with Crippen molar-refractivity contribution >= 4 is 8.03 Å². The summed E-state index contributed by atoms with van der Waals surface area (Å²) >= 11 is 0. The van der Waals surface area contributed by atoms with E-state index in [9.17, 15) is 9.67 Å². The van der Waals surface area contributed by atoms with Crippen molar-refractivity contribution in [2.75, 3.05) is 6.61 Å². The first-order chi connectivity index (χ1) is 17.5. The number of unbranched alkanes of at least 4 members (excludes halogenated alkanes) is 15. The van der Waals surface area contributed by atoms with Crippen LogP contribution in [0.4, 0.5) is 0 Å². The van der Waals surface area contributed by atoms with Gasteiger partial charge in [-0.3, -0.25) is 4.57 Å². The van der Waals surface area contributed by atoms with E-state index in [0.717, 1.165) is 29.5 Å². The largest absolute Gasteiger partial charge is 0.507 e. The average Bonchev–Trinajstić information content (AvgIpc) is 2.80. The van der Waals surface area contributed by atoms with Crippen molar-refractivity contribution in [3.8, 4) is 5.75 Å². The van der Waals surface area contributed by atoms with Crippen molar-refractivity contribution in [3.05, 3.63) is 28.8 Å². The first-order valence-electron chi connectivity index (χ1n) is 15.5. The number of aromatic hydroxyl groups is 1. The van der Waals surface area contributed by atoms with Gasteiger partial charge < -0.3 is 9.63 Å². The highest BCUT2D eigenvalue weighted by Crippen LogP contribution is 2.41. The Hall–Kier alpha value is -0.790. The van der Waals surface area contributed by atoms with Gasteiger partial charge in [0.05, 0.1) is 6.61 Å².